The first-order valence-corrected chi connectivity index (χ1v) is 5.14. The van der Waals surface area contributed by atoms with Gasteiger partial charge in [-0.1, -0.05) is 11.6 Å². The van der Waals surface area contributed by atoms with Crippen molar-refractivity contribution in [1.29, 1.82) is 0 Å². The number of nitrogens with one attached hydrogen (secondary N) is 1. The highest BCUT2D eigenvalue weighted by molar-refractivity contribution is 6.31. The van der Waals surface area contributed by atoms with Crippen molar-refractivity contribution in [2.75, 3.05) is 13.4 Å². The molecule has 0 aliphatic carbocycles. The Kier molecular flexibility index (Phi) is 3.22. The van der Waals surface area contributed by atoms with E-state index < -0.39 is 6.09 Å². The lowest BCUT2D eigenvalue weighted by Gasteiger charge is -2.10. The molecule has 0 unspecified atom stereocenters. The summed E-state index contributed by atoms with van der Waals surface area (Å²) in [6, 6.07) is 3.23. The van der Waals surface area contributed by atoms with Gasteiger partial charge in [0.15, 0.2) is 11.5 Å². The first kappa shape index (κ1) is 12.1. The Bertz CT molecular complexity index is 466. The van der Waals surface area contributed by atoms with Crippen LogP contribution < -0.4 is 14.8 Å². The van der Waals surface area contributed by atoms with E-state index in [-0.39, 0.29) is 31.8 Å². The molecule has 92 valence electrons. The number of alkyl carbamates (subject to hydrolysis) is 1. The predicted molar refractivity (Wildman–Crippen MR) is 62.0 cm³/mol. The van der Waals surface area contributed by atoms with Crippen LogP contribution in [0.1, 0.15) is 11.6 Å². The highest BCUT2D eigenvalue weighted by Gasteiger charge is 2.28. The molecule has 5 nitrogen and oxygen atoms in total. The number of cyclic esters (lactones) is 1. The molecule has 17 heavy (non-hydrogen) atoms. The first-order valence-electron chi connectivity index (χ1n) is 4.76. The molecule has 0 aromatic heterocycles. The number of fused-ring (bicyclic) bond motifs is 1. The van der Waals surface area contributed by atoms with Gasteiger partial charge in [-0.25, -0.2) is 4.79 Å². The van der Waals surface area contributed by atoms with Gasteiger partial charge in [-0.3, -0.25) is 0 Å². The molecule has 1 N–H and O–H groups in total. The molecule has 0 bridgehead atoms. The zero-order chi connectivity index (χ0) is 11.1. The van der Waals surface area contributed by atoms with Crippen LogP contribution in [-0.4, -0.2) is 19.5 Å². The lowest BCUT2D eigenvalue weighted by Crippen LogP contribution is -2.18. The average molecular weight is 278 g/mol. The van der Waals surface area contributed by atoms with Gasteiger partial charge in [0.05, 0.1) is 6.04 Å². The highest BCUT2D eigenvalue weighted by Crippen LogP contribution is 2.39. The number of carbonyl (C=O) groups excluding carboxylic acids is 1. The normalized spacial score (nSPS) is 20.5. The largest absolute Gasteiger partial charge is 0.454 e. The van der Waals surface area contributed by atoms with Crippen molar-refractivity contribution in [3.8, 4) is 11.5 Å². The summed E-state index contributed by atoms with van der Waals surface area (Å²) in [4.78, 5) is 10.9. The monoisotopic (exact) mass is 277 g/mol. The molecule has 1 aromatic rings. The number of hydrogen-bond acceptors (Lipinski definition) is 4. The third-order valence-electron chi connectivity index (χ3n) is 2.54. The van der Waals surface area contributed by atoms with Crippen LogP contribution in [0.5, 0.6) is 11.5 Å². The second-order valence-electron chi connectivity index (χ2n) is 3.52. The van der Waals surface area contributed by atoms with E-state index in [0.717, 1.165) is 5.56 Å². The predicted octanol–water partition coefficient (Wildman–Crippen LogP) is 2.27. The van der Waals surface area contributed by atoms with Gasteiger partial charge in [0.1, 0.15) is 6.61 Å². The summed E-state index contributed by atoms with van der Waals surface area (Å²) in [7, 11) is 0. The third kappa shape index (κ3) is 2.08. The number of hydrogen-bond donors (Lipinski definition) is 1. The minimum absolute atomic E-state index is 0. The molecule has 1 saturated heterocycles. The van der Waals surface area contributed by atoms with E-state index >= 15 is 0 Å². The van der Waals surface area contributed by atoms with E-state index in [9.17, 15) is 4.79 Å². The molecule has 7 heteroatoms. The smallest absolute Gasteiger partial charge is 0.407 e. The first-order chi connectivity index (χ1) is 7.74. The van der Waals surface area contributed by atoms with Crippen molar-refractivity contribution >= 4 is 30.1 Å². The van der Waals surface area contributed by atoms with Crippen LogP contribution in [0.25, 0.3) is 0 Å². The summed E-state index contributed by atoms with van der Waals surface area (Å²) >= 11 is 6.09. The molecule has 1 amide bonds. The molecule has 2 aliphatic heterocycles. The van der Waals surface area contributed by atoms with Gasteiger partial charge in [0.2, 0.25) is 6.79 Å². The number of carbonyl (C=O) groups is 1. The Morgan fingerprint density at radius 1 is 1.24 bits per heavy atom. The Morgan fingerprint density at radius 2 is 1.94 bits per heavy atom. The standard InChI is InChI=1S/C10H8ClNO4.ClH/c11-6-2-9-8(15-4-16-9)1-5(6)7-3-14-10(13)12-7;/h1-2,7H,3-4H2,(H,12,13);1H/t7-;/m1./s1. The third-order valence-corrected chi connectivity index (χ3v) is 2.87. The summed E-state index contributed by atoms with van der Waals surface area (Å²) in [6.45, 7) is 0.473. The van der Waals surface area contributed by atoms with Crippen LogP contribution >= 0.6 is 24.0 Å². The fraction of sp³-hybridized carbons (Fsp3) is 0.300. The summed E-state index contributed by atoms with van der Waals surface area (Å²) in [5, 5.41) is 3.19. The molecular formula is C10H9Cl2NO4. The topological polar surface area (TPSA) is 56.8 Å². The van der Waals surface area contributed by atoms with Crippen LogP contribution in [0.3, 0.4) is 0 Å². The van der Waals surface area contributed by atoms with Crippen LogP contribution in [0, 0.1) is 0 Å². The number of halogens is 2. The number of rotatable bonds is 1. The molecule has 1 aromatic carbocycles. The van der Waals surface area contributed by atoms with E-state index in [0.29, 0.717) is 16.5 Å². The maximum Gasteiger partial charge on any atom is 0.407 e. The highest BCUT2D eigenvalue weighted by atomic mass is 35.5. The van der Waals surface area contributed by atoms with Crippen molar-refractivity contribution in [1.82, 2.24) is 5.32 Å². The van der Waals surface area contributed by atoms with Crippen molar-refractivity contribution < 1.29 is 19.0 Å². The van der Waals surface area contributed by atoms with Gasteiger partial charge in [-0.2, -0.15) is 0 Å². The lowest BCUT2D eigenvalue weighted by molar-refractivity contribution is 0.174. The summed E-state index contributed by atoms with van der Waals surface area (Å²) in [5.41, 5.74) is 0.775. The molecule has 0 spiro atoms. The van der Waals surface area contributed by atoms with Crippen LogP contribution in [0.2, 0.25) is 5.02 Å². The minimum atomic E-state index is -0.432. The van der Waals surface area contributed by atoms with Gasteiger partial charge in [-0.05, 0) is 6.07 Å². The lowest BCUT2D eigenvalue weighted by atomic mass is 10.1. The Labute approximate surface area is 108 Å². The second-order valence-corrected chi connectivity index (χ2v) is 3.93. The molecule has 2 aliphatic rings. The van der Waals surface area contributed by atoms with E-state index in [1.807, 2.05) is 0 Å². The van der Waals surface area contributed by atoms with Crippen molar-refractivity contribution in [2.45, 2.75) is 6.04 Å². The fourth-order valence-electron chi connectivity index (χ4n) is 1.75. The molecule has 1 atom stereocenters. The Morgan fingerprint density at radius 3 is 2.59 bits per heavy atom. The maximum atomic E-state index is 10.9. The zero-order valence-electron chi connectivity index (χ0n) is 8.57. The SMILES string of the molecule is Cl.O=C1N[C@@H](c2cc3c(cc2Cl)OCO3)CO1. The summed E-state index contributed by atoms with van der Waals surface area (Å²) in [5.74, 6) is 1.26. The van der Waals surface area contributed by atoms with E-state index in [1.54, 1.807) is 12.1 Å². The van der Waals surface area contributed by atoms with E-state index in [2.05, 4.69) is 5.32 Å². The van der Waals surface area contributed by atoms with Gasteiger partial charge in [0.25, 0.3) is 0 Å². The second kappa shape index (κ2) is 4.50. The van der Waals surface area contributed by atoms with Gasteiger partial charge in [0, 0.05) is 16.7 Å². The van der Waals surface area contributed by atoms with Crippen LogP contribution in [0.4, 0.5) is 4.79 Å². The summed E-state index contributed by atoms with van der Waals surface area (Å²) in [6.07, 6.45) is -0.432. The molecule has 3 rings (SSSR count). The van der Waals surface area contributed by atoms with Crippen LogP contribution in [-0.2, 0) is 4.74 Å². The average Bonchev–Trinajstić information content (AvgIpc) is 2.84. The number of benzene rings is 1. The molecule has 0 radical (unpaired) electrons. The van der Waals surface area contributed by atoms with Crippen molar-refractivity contribution in [2.24, 2.45) is 0 Å². The summed E-state index contributed by atoms with van der Waals surface area (Å²) < 4.78 is 15.3. The van der Waals surface area contributed by atoms with Gasteiger partial charge >= 0.3 is 6.09 Å². The molecule has 1 fully saturated rings. The van der Waals surface area contributed by atoms with Crippen LogP contribution in [0.15, 0.2) is 12.1 Å². The Hall–Kier alpha value is -1.33. The molecule has 2 heterocycles. The fourth-order valence-corrected chi connectivity index (χ4v) is 2.04. The van der Waals surface area contributed by atoms with E-state index in [1.165, 1.54) is 0 Å². The Balaban J connectivity index is 0.00000108. The zero-order valence-corrected chi connectivity index (χ0v) is 10.1. The van der Waals surface area contributed by atoms with Gasteiger partial charge < -0.3 is 19.5 Å². The van der Waals surface area contributed by atoms with E-state index in [4.69, 9.17) is 25.8 Å². The van der Waals surface area contributed by atoms with Crippen molar-refractivity contribution in [3.05, 3.63) is 22.7 Å². The van der Waals surface area contributed by atoms with Gasteiger partial charge in [-0.15, -0.1) is 12.4 Å². The van der Waals surface area contributed by atoms with Crippen molar-refractivity contribution in [3.63, 3.8) is 0 Å². The maximum absolute atomic E-state index is 10.9. The molecule has 0 saturated carbocycles. The number of ether oxygens (including phenoxy) is 3. The molecular weight excluding hydrogens is 269 g/mol. The quantitative estimate of drug-likeness (QED) is 0.856. The minimum Gasteiger partial charge on any atom is -0.454 e. The number of amides is 1.